The first-order valence-electron chi connectivity index (χ1n) is 15.0. The minimum atomic E-state index is -1.18. The molecule has 2 bridgehead atoms. The van der Waals surface area contributed by atoms with Gasteiger partial charge in [-0.2, -0.15) is 0 Å². The van der Waals surface area contributed by atoms with Gasteiger partial charge in [-0.25, -0.2) is 0 Å². The van der Waals surface area contributed by atoms with Crippen LogP contribution in [0.2, 0.25) is 0 Å². The van der Waals surface area contributed by atoms with Crippen molar-refractivity contribution in [3.8, 4) is 5.75 Å². The average Bonchev–Trinajstić information content (AvgIpc) is 3.65. The molecule has 4 rings (SSSR count). The number of unbranched alkanes of at least 4 members (excludes halogenated alkanes) is 1. The summed E-state index contributed by atoms with van der Waals surface area (Å²) in [5.41, 5.74) is -0.573. The zero-order valence-corrected chi connectivity index (χ0v) is 25.0. The minimum absolute atomic E-state index is 0.0425. The monoisotopic (exact) mass is 597 g/mol. The van der Waals surface area contributed by atoms with Gasteiger partial charge >= 0.3 is 5.97 Å². The number of likely N-dealkylation sites (tertiary alicyclic amines) is 1. The van der Waals surface area contributed by atoms with Gasteiger partial charge in [0.2, 0.25) is 11.8 Å². The molecule has 0 radical (unpaired) electrons. The fourth-order valence-electron chi connectivity index (χ4n) is 6.59. The van der Waals surface area contributed by atoms with Crippen molar-refractivity contribution in [2.24, 2.45) is 11.8 Å². The standard InChI is InChI=1S/C32H43N3O8/c1-5-7-10-25(37)33-20-21(3)42-31(40)26-24-15-16-32(43-24)27(26)29(38)35(18-8-9-19-36)28(32)30(39)34(17-6-2)22-11-13-23(41-4)14-12-22/h5-6,11-14,21,24,26-28,36H,1-2,7-10,15-20H2,3-4H3,(H,33,37)/t21-,24-,26+,27+,28-,32+/m1/s1. The Bertz CT molecular complexity index is 1200. The van der Waals surface area contributed by atoms with Gasteiger partial charge in [-0.05, 0) is 63.3 Å². The van der Waals surface area contributed by atoms with Crippen LogP contribution in [0.5, 0.6) is 5.75 Å². The summed E-state index contributed by atoms with van der Waals surface area (Å²) in [6, 6.07) is 6.09. The van der Waals surface area contributed by atoms with Crippen LogP contribution >= 0.6 is 0 Å². The van der Waals surface area contributed by atoms with Crippen molar-refractivity contribution in [2.75, 3.05) is 38.3 Å². The Balaban J connectivity index is 1.59. The molecule has 0 aromatic heterocycles. The number of hydrogen-bond acceptors (Lipinski definition) is 8. The normalized spacial score (nSPS) is 26.0. The number of aliphatic hydroxyl groups excluding tert-OH is 1. The van der Waals surface area contributed by atoms with E-state index < -0.39 is 41.7 Å². The highest BCUT2D eigenvalue weighted by Crippen LogP contribution is 2.59. The molecule has 0 aliphatic carbocycles. The summed E-state index contributed by atoms with van der Waals surface area (Å²) in [6.07, 6.45) is 4.84. The summed E-state index contributed by atoms with van der Waals surface area (Å²) >= 11 is 0. The lowest BCUT2D eigenvalue weighted by atomic mass is 9.70. The largest absolute Gasteiger partial charge is 0.497 e. The number of carbonyl (C=O) groups is 4. The maximum absolute atomic E-state index is 14.4. The number of nitrogens with one attached hydrogen (secondary N) is 1. The maximum atomic E-state index is 14.4. The van der Waals surface area contributed by atoms with Gasteiger partial charge in [-0.15, -0.1) is 13.2 Å². The molecule has 3 heterocycles. The molecule has 6 atom stereocenters. The Morgan fingerprint density at radius 2 is 1.98 bits per heavy atom. The Labute approximate surface area is 252 Å². The van der Waals surface area contributed by atoms with Gasteiger partial charge < -0.3 is 34.4 Å². The zero-order chi connectivity index (χ0) is 31.1. The van der Waals surface area contributed by atoms with Crippen molar-refractivity contribution >= 4 is 29.4 Å². The predicted molar refractivity (Wildman–Crippen MR) is 159 cm³/mol. The zero-order valence-electron chi connectivity index (χ0n) is 25.0. The number of carbonyl (C=O) groups excluding carboxylic acids is 4. The molecule has 11 heteroatoms. The molecule has 234 valence electrons. The molecule has 0 saturated carbocycles. The number of methoxy groups -OCH3 is 1. The Morgan fingerprint density at radius 1 is 1.23 bits per heavy atom. The average molecular weight is 598 g/mol. The SMILES string of the molecule is C=CCCC(=O)NC[C@@H](C)OC(=O)[C@@H]1[C@H]2C(=O)N(CCCCO)[C@H](C(=O)N(CC=C)c3ccc(OC)cc3)[C@]23CC[C@H]1O3. The highest BCUT2D eigenvalue weighted by molar-refractivity contribution is 6.04. The van der Waals surface area contributed by atoms with Gasteiger partial charge in [0.05, 0.1) is 31.6 Å². The lowest BCUT2D eigenvalue weighted by Gasteiger charge is -2.36. The molecule has 3 aliphatic rings. The summed E-state index contributed by atoms with van der Waals surface area (Å²) in [5.74, 6) is -2.49. The smallest absolute Gasteiger partial charge is 0.312 e. The molecule has 3 aliphatic heterocycles. The first-order valence-corrected chi connectivity index (χ1v) is 15.0. The molecule has 1 aromatic carbocycles. The number of hydrogen-bond donors (Lipinski definition) is 2. The molecule has 1 aromatic rings. The van der Waals surface area contributed by atoms with Crippen molar-refractivity contribution in [1.82, 2.24) is 10.2 Å². The second-order valence-corrected chi connectivity index (χ2v) is 11.3. The molecular weight excluding hydrogens is 554 g/mol. The van der Waals surface area contributed by atoms with Crippen LogP contribution in [0.1, 0.15) is 45.4 Å². The van der Waals surface area contributed by atoms with Crippen LogP contribution in [0, 0.1) is 11.8 Å². The Hall–Kier alpha value is -3.70. The summed E-state index contributed by atoms with van der Waals surface area (Å²) in [7, 11) is 1.56. The van der Waals surface area contributed by atoms with Gasteiger partial charge in [-0.3, -0.25) is 19.2 Å². The van der Waals surface area contributed by atoms with Gasteiger partial charge in [-0.1, -0.05) is 12.2 Å². The van der Waals surface area contributed by atoms with Gasteiger partial charge in [0, 0.05) is 31.8 Å². The molecule has 3 fully saturated rings. The topological polar surface area (TPSA) is 135 Å². The fourth-order valence-corrected chi connectivity index (χ4v) is 6.59. The van der Waals surface area contributed by atoms with Crippen LogP contribution in [0.15, 0.2) is 49.6 Å². The molecule has 1 spiro atoms. The molecular formula is C32H43N3O8. The van der Waals surface area contributed by atoms with Gasteiger partial charge in [0.1, 0.15) is 23.5 Å². The number of anilines is 1. The molecule has 2 N–H and O–H groups in total. The van der Waals surface area contributed by atoms with Crippen LogP contribution in [-0.4, -0.2) is 90.9 Å². The summed E-state index contributed by atoms with van der Waals surface area (Å²) < 4.78 is 17.5. The number of ether oxygens (including phenoxy) is 3. The van der Waals surface area contributed by atoms with Crippen LogP contribution < -0.4 is 15.0 Å². The molecule has 0 unspecified atom stereocenters. The summed E-state index contributed by atoms with van der Waals surface area (Å²) in [4.78, 5) is 57.2. The van der Waals surface area contributed by atoms with E-state index in [1.807, 2.05) is 0 Å². The first-order chi connectivity index (χ1) is 20.7. The maximum Gasteiger partial charge on any atom is 0.312 e. The van der Waals surface area contributed by atoms with E-state index in [1.54, 1.807) is 55.4 Å². The predicted octanol–water partition coefficient (Wildman–Crippen LogP) is 2.38. The molecule has 3 saturated heterocycles. The van der Waals surface area contributed by atoms with Gasteiger partial charge in [0.15, 0.2) is 0 Å². The van der Waals surface area contributed by atoms with E-state index in [9.17, 15) is 24.3 Å². The van der Waals surface area contributed by atoms with E-state index in [0.29, 0.717) is 50.0 Å². The van der Waals surface area contributed by atoms with Crippen molar-refractivity contribution < 1.29 is 38.5 Å². The van der Waals surface area contributed by atoms with Crippen molar-refractivity contribution in [2.45, 2.75) is 69.3 Å². The van der Waals surface area contributed by atoms with Crippen LogP contribution in [0.25, 0.3) is 0 Å². The minimum Gasteiger partial charge on any atom is -0.497 e. The third kappa shape index (κ3) is 6.47. The lowest BCUT2D eigenvalue weighted by Crippen LogP contribution is -2.56. The number of amides is 3. The first kappa shape index (κ1) is 32.2. The van der Waals surface area contributed by atoms with E-state index in [-0.39, 0.29) is 44.0 Å². The molecule has 3 amide bonds. The van der Waals surface area contributed by atoms with Crippen LogP contribution in [0.3, 0.4) is 0 Å². The quantitative estimate of drug-likeness (QED) is 0.169. The molecule has 11 nitrogen and oxygen atoms in total. The van der Waals surface area contributed by atoms with Crippen molar-refractivity contribution in [1.29, 1.82) is 0 Å². The Kier molecular flexibility index (Phi) is 10.6. The number of benzene rings is 1. The van der Waals surface area contributed by atoms with Crippen molar-refractivity contribution in [3.05, 3.63) is 49.6 Å². The van der Waals surface area contributed by atoms with E-state index in [4.69, 9.17) is 14.2 Å². The summed E-state index contributed by atoms with van der Waals surface area (Å²) in [5, 5.41) is 12.1. The van der Waals surface area contributed by atoms with E-state index in [0.717, 1.165) is 0 Å². The lowest BCUT2D eigenvalue weighted by molar-refractivity contribution is -0.159. The number of nitrogens with zero attached hydrogens (tertiary/aromatic N) is 2. The van der Waals surface area contributed by atoms with E-state index in [2.05, 4.69) is 18.5 Å². The van der Waals surface area contributed by atoms with Crippen LogP contribution in [-0.2, 0) is 28.7 Å². The second kappa shape index (κ2) is 14.2. The number of esters is 1. The second-order valence-electron chi connectivity index (χ2n) is 11.3. The number of fused-ring (bicyclic) bond motifs is 1. The number of allylic oxidation sites excluding steroid dienone is 1. The summed E-state index contributed by atoms with van der Waals surface area (Å²) in [6.45, 7) is 9.65. The fraction of sp³-hybridized carbons (Fsp3) is 0.562. The van der Waals surface area contributed by atoms with Gasteiger partial charge in [0.25, 0.3) is 5.91 Å². The van der Waals surface area contributed by atoms with Crippen molar-refractivity contribution in [3.63, 3.8) is 0 Å². The third-order valence-corrected chi connectivity index (χ3v) is 8.55. The highest BCUT2D eigenvalue weighted by atomic mass is 16.6. The highest BCUT2D eigenvalue weighted by Gasteiger charge is 2.75. The van der Waals surface area contributed by atoms with E-state index >= 15 is 0 Å². The third-order valence-electron chi connectivity index (χ3n) is 8.55. The van der Waals surface area contributed by atoms with Crippen LogP contribution in [0.4, 0.5) is 5.69 Å². The number of rotatable bonds is 16. The van der Waals surface area contributed by atoms with E-state index in [1.165, 1.54) is 4.90 Å². The molecule has 43 heavy (non-hydrogen) atoms. The Morgan fingerprint density at radius 3 is 2.63 bits per heavy atom. The number of aliphatic hydroxyl groups is 1.